The number of ether oxygens (including phenoxy) is 1. The van der Waals surface area contributed by atoms with Gasteiger partial charge in [0.05, 0.1) is 19.7 Å². The van der Waals surface area contributed by atoms with Crippen LogP contribution in [-0.2, 0) is 20.2 Å². The minimum atomic E-state index is -3.27. The third kappa shape index (κ3) is 3.95. The number of alkyl halides is 3. The van der Waals surface area contributed by atoms with Crippen LogP contribution in [0.25, 0.3) is 11.1 Å². The summed E-state index contributed by atoms with van der Waals surface area (Å²) < 4.78 is 49.3. The van der Waals surface area contributed by atoms with Crippen molar-refractivity contribution in [1.29, 1.82) is 0 Å². The highest BCUT2D eigenvalue weighted by Gasteiger charge is 2.49. The summed E-state index contributed by atoms with van der Waals surface area (Å²) in [4.78, 5) is 37.4. The Morgan fingerprint density at radius 2 is 1.82 bits per heavy atom. The average Bonchev–Trinajstić information content (AvgIpc) is 3.25. The molecule has 2 aromatic rings. The van der Waals surface area contributed by atoms with E-state index in [0.717, 1.165) is 11.0 Å². The highest BCUT2D eigenvalue weighted by atomic mass is 19.3. The average molecular weight is 462 g/mol. The normalized spacial score (nSPS) is 22.5. The van der Waals surface area contributed by atoms with Gasteiger partial charge in [-0.25, -0.2) is 9.18 Å². The molecule has 0 unspecified atom stereocenters. The van der Waals surface area contributed by atoms with E-state index >= 15 is 0 Å². The third-order valence-electron chi connectivity index (χ3n) is 5.97. The fraction of sp³-hybridized carbons (Fsp3) is 0.348. The lowest BCUT2D eigenvalue weighted by molar-refractivity contribution is -0.147. The van der Waals surface area contributed by atoms with E-state index in [-0.39, 0.29) is 23.3 Å². The molecule has 1 fully saturated rings. The van der Waals surface area contributed by atoms with Gasteiger partial charge in [0.1, 0.15) is 6.04 Å². The number of halogens is 3. The van der Waals surface area contributed by atoms with Gasteiger partial charge in [-0.05, 0) is 23.3 Å². The second kappa shape index (κ2) is 8.18. The van der Waals surface area contributed by atoms with Gasteiger partial charge in [-0.3, -0.25) is 9.59 Å². The van der Waals surface area contributed by atoms with E-state index in [1.807, 2.05) is 0 Å². The topological polar surface area (TPSA) is 95.9 Å². The Labute approximate surface area is 187 Å². The standard InChI is InChI=1S/C23H21F3N2O5/c1-33-12-22(24)9-18(21(31)32)28(11-22)19(29)10-27-20(30)13-6-7-15-14-4-2-3-5-16(14)23(25,26)17(15)8-13/h2-8,18H,9-12H2,1H3,(H,27,30)(H,31,32)/t18-,22+/m0/s1. The molecule has 0 bridgehead atoms. The third-order valence-corrected chi connectivity index (χ3v) is 5.97. The van der Waals surface area contributed by atoms with E-state index in [9.17, 15) is 32.7 Å². The number of nitrogens with one attached hydrogen (secondary N) is 1. The first-order chi connectivity index (χ1) is 15.6. The first-order valence-electron chi connectivity index (χ1n) is 10.2. The van der Waals surface area contributed by atoms with Crippen molar-refractivity contribution in [3.05, 3.63) is 59.2 Å². The van der Waals surface area contributed by atoms with Gasteiger partial charge in [-0.15, -0.1) is 0 Å². The molecule has 4 rings (SSSR count). The van der Waals surface area contributed by atoms with Crippen LogP contribution in [0.15, 0.2) is 42.5 Å². The monoisotopic (exact) mass is 462 g/mol. The van der Waals surface area contributed by atoms with Crippen molar-refractivity contribution in [2.45, 2.75) is 24.1 Å². The number of rotatable bonds is 6. The predicted molar refractivity (Wildman–Crippen MR) is 111 cm³/mol. The molecule has 2 aliphatic rings. The summed E-state index contributed by atoms with van der Waals surface area (Å²) in [5.41, 5.74) is -1.84. The van der Waals surface area contributed by atoms with Crippen molar-refractivity contribution in [3.63, 3.8) is 0 Å². The zero-order valence-corrected chi connectivity index (χ0v) is 17.6. The molecule has 0 radical (unpaired) electrons. The zero-order valence-electron chi connectivity index (χ0n) is 17.6. The van der Waals surface area contributed by atoms with E-state index in [1.54, 1.807) is 12.1 Å². The quantitative estimate of drug-likeness (QED) is 0.688. The van der Waals surface area contributed by atoms with Crippen molar-refractivity contribution in [2.75, 3.05) is 26.8 Å². The summed E-state index contributed by atoms with van der Waals surface area (Å²) in [6.45, 7) is -1.48. The second-order valence-corrected chi connectivity index (χ2v) is 8.23. The van der Waals surface area contributed by atoms with Crippen molar-refractivity contribution in [1.82, 2.24) is 10.2 Å². The first-order valence-corrected chi connectivity index (χ1v) is 10.2. The molecule has 33 heavy (non-hydrogen) atoms. The molecule has 1 aliphatic heterocycles. The number of carboxylic acid groups (broad SMARTS) is 1. The van der Waals surface area contributed by atoms with Crippen LogP contribution in [0.5, 0.6) is 0 Å². The van der Waals surface area contributed by atoms with E-state index < -0.39 is 54.9 Å². The lowest BCUT2D eigenvalue weighted by atomic mass is 10.0. The number of fused-ring (bicyclic) bond motifs is 3. The van der Waals surface area contributed by atoms with Crippen LogP contribution < -0.4 is 5.32 Å². The molecular weight excluding hydrogens is 441 g/mol. The molecule has 0 saturated carbocycles. The van der Waals surface area contributed by atoms with Gasteiger partial charge in [0.25, 0.3) is 11.8 Å². The number of nitrogens with zero attached hydrogens (tertiary/aromatic N) is 1. The molecular formula is C23H21F3N2O5. The highest BCUT2D eigenvalue weighted by molar-refractivity contribution is 5.98. The highest BCUT2D eigenvalue weighted by Crippen LogP contribution is 2.50. The number of likely N-dealkylation sites (tertiary alicyclic amines) is 1. The maximum absolute atomic E-state index is 14.9. The molecule has 2 N–H and O–H groups in total. The predicted octanol–water partition coefficient (Wildman–Crippen LogP) is 2.58. The number of hydrogen-bond donors (Lipinski definition) is 2. The molecule has 1 heterocycles. The lowest BCUT2D eigenvalue weighted by Gasteiger charge is -2.22. The molecule has 0 spiro atoms. The van der Waals surface area contributed by atoms with Gasteiger partial charge < -0.3 is 20.1 Å². The zero-order chi connectivity index (χ0) is 24.0. The van der Waals surface area contributed by atoms with E-state index in [1.165, 1.54) is 31.4 Å². The van der Waals surface area contributed by atoms with Gasteiger partial charge in [0.15, 0.2) is 5.67 Å². The van der Waals surface area contributed by atoms with E-state index in [4.69, 9.17) is 4.74 Å². The number of carbonyl (C=O) groups excluding carboxylic acids is 2. The number of benzene rings is 2. The van der Waals surface area contributed by atoms with Gasteiger partial charge in [0.2, 0.25) is 5.91 Å². The summed E-state index contributed by atoms with van der Waals surface area (Å²) in [6, 6.07) is 8.56. The Balaban J connectivity index is 1.47. The van der Waals surface area contributed by atoms with Crippen molar-refractivity contribution < 1.29 is 37.4 Å². The lowest BCUT2D eigenvalue weighted by Crippen LogP contribution is -2.46. The summed E-state index contributed by atoms with van der Waals surface area (Å²) in [5.74, 6) is -6.22. The van der Waals surface area contributed by atoms with Crippen LogP contribution in [0, 0.1) is 0 Å². The largest absolute Gasteiger partial charge is 0.480 e. The van der Waals surface area contributed by atoms with Crippen LogP contribution in [0.4, 0.5) is 13.2 Å². The Morgan fingerprint density at radius 1 is 1.12 bits per heavy atom. The van der Waals surface area contributed by atoms with Crippen molar-refractivity contribution in [3.8, 4) is 11.1 Å². The number of carboxylic acids is 1. The molecule has 2 atom stereocenters. The SMILES string of the molecule is COC[C@@]1(F)C[C@@H](C(=O)O)N(C(=O)CNC(=O)c2ccc3c(c2)C(F)(F)c2ccccc2-3)C1. The maximum Gasteiger partial charge on any atom is 0.326 e. The molecule has 0 aromatic heterocycles. The van der Waals surface area contributed by atoms with E-state index in [2.05, 4.69) is 5.32 Å². The Hall–Kier alpha value is -3.40. The Kier molecular flexibility index (Phi) is 5.65. The van der Waals surface area contributed by atoms with Crippen LogP contribution in [0.1, 0.15) is 27.9 Å². The number of hydrogen-bond acceptors (Lipinski definition) is 4. The van der Waals surface area contributed by atoms with Crippen LogP contribution in [-0.4, -0.2) is 66.3 Å². The minimum Gasteiger partial charge on any atom is -0.480 e. The second-order valence-electron chi connectivity index (χ2n) is 8.23. The van der Waals surface area contributed by atoms with E-state index in [0.29, 0.717) is 11.1 Å². The van der Waals surface area contributed by atoms with Crippen LogP contribution in [0.2, 0.25) is 0 Å². The van der Waals surface area contributed by atoms with Gasteiger partial charge in [-0.2, -0.15) is 8.78 Å². The first kappa shape index (κ1) is 22.8. The summed E-state index contributed by atoms with van der Waals surface area (Å²) in [7, 11) is 1.26. The number of carbonyl (C=O) groups is 3. The van der Waals surface area contributed by atoms with Gasteiger partial charge >= 0.3 is 5.97 Å². The number of amides is 2. The summed E-state index contributed by atoms with van der Waals surface area (Å²) >= 11 is 0. The fourth-order valence-electron chi connectivity index (χ4n) is 4.46. The molecule has 1 saturated heterocycles. The molecule has 2 aromatic carbocycles. The van der Waals surface area contributed by atoms with Crippen LogP contribution in [0.3, 0.4) is 0 Å². The number of aliphatic carboxylic acids is 1. The molecule has 1 aliphatic carbocycles. The summed E-state index contributed by atoms with van der Waals surface area (Å²) in [5, 5.41) is 11.7. The number of methoxy groups -OCH3 is 1. The molecule has 2 amide bonds. The summed E-state index contributed by atoms with van der Waals surface area (Å²) in [6.07, 6.45) is -0.434. The fourth-order valence-corrected chi connectivity index (χ4v) is 4.46. The maximum atomic E-state index is 14.9. The van der Waals surface area contributed by atoms with Crippen molar-refractivity contribution >= 4 is 17.8 Å². The Morgan fingerprint density at radius 3 is 2.52 bits per heavy atom. The van der Waals surface area contributed by atoms with Crippen LogP contribution >= 0.6 is 0 Å². The molecule has 7 nitrogen and oxygen atoms in total. The molecule has 174 valence electrons. The van der Waals surface area contributed by atoms with Gasteiger partial charge in [0, 0.05) is 30.2 Å². The van der Waals surface area contributed by atoms with Gasteiger partial charge in [-0.1, -0.05) is 30.3 Å². The Bertz CT molecular complexity index is 1140. The van der Waals surface area contributed by atoms with Crippen molar-refractivity contribution in [2.24, 2.45) is 0 Å². The molecule has 10 heteroatoms. The minimum absolute atomic E-state index is 0.0792. The smallest absolute Gasteiger partial charge is 0.326 e.